The molecule has 5 rings (SSSR count). The largest absolute Gasteiger partial charge is 0.368 e. The molecule has 5 heteroatoms. The van der Waals surface area contributed by atoms with Crippen LogP contribution >= 0.6 is 0 Å². The third-order valence-electron chi connectivity index (χ3n) is 6.22. The normalized spacial score (nSPS) is 14.4. The van der Waals surface area contributed by atoms with Crippen LogP contribution in [0.15, 0.2) is 73.2 Å². The highest BCUT2D eigenvalue weighted by atomic mass is 15.3. The molecule has 1 fully saturated rings. The third kappa shape index (κ3) is 3.88. The van der Waals surface area contributed by atoms with Crippen molar-refractivity contribution in [3.05, 3.63) is 73.2 Å². The van der Waals surface area contributed by atoms with Gasteiger partial charge in [0.15, 0.2) is 0 Å². The molecule has 3 aromatic heterocycles. The van der Waals surface area contributed by atoms with E-state index in [2.05, 4.69) is 80.9 Å². The van der Waals surface area contributed by atoms with Crippen LogP contribution in [0.1, 0.15) is 19.8 Å². The van der Waals surface area contributed by atoms with Crippen LogP contribution in [0.4, 0.5) is 11.4 Å². The Morgan fingerprint density at radius 1 is 0.839 bits per heavy atom. The van der Waals surface area contributed by atoms with Crippen LogP contribution in [0.5, 0.6) is 0 Å². The molecule has 1 aromatic carbocycles. The van der Waals surface area contributed by atoms with Gasteiger partial charge in [-0.05, 0) is 42.8 Å². The fourth-order valence-electron chi connectivity index (χ4n) is 4.57. The first-order valence-electron chi connectivity index (χ1n) is 11.3. The van der Waals surface area contributed by atoms with Gasteiger partial charge < -0.3 is 14.4 Å². The van der Waals surface area contributed by atoms with Gasteiger partial charge in [-0.3, -0.25) is 9.97 Å². The summed E-state index contributed by atoms with van der Waals surface area (Å²) in [6, 6.07) is 19.5. The van der Waals surface area contributed by atoms with E-state index in [4.69, 9.17) is 4.98 Å². The van der Waals surface area contributed by atoms with Gasteiger partial charge in [0.25, 0.3) is 0 Å². The summed E-state index contributed by atoms with van der Waals surface area (Å²) in [7, 11) is 0. The van der Waals surface area contributed by atoms with Crippen molar-refractivity contribution in [1.82, 2.24) is 14.5 Å². The van der Waals surface area contributed by atoms with Crippen molar-refractivity contribution in [3.63, 3.8) is 0 Å². The Hall–Kier alpha value is -3.34. The zero-order valence-corrected chi connectivity index (χ0v) is 18.1. The summed E-state index contributed by atoms with van der Waals surface area (Å²) in [6.07, 6.45) is 8.01. The molecule has 0 bridgehead atoms. The zero-order valence-electron chi connectivity index (χ0n) is 18.1. The van der Waals surface area contributed by atoms with Gasteiger partial charge in [0.1, 0.15) is 5.69 Å². The lowest BCUT2D eigenvalue weighted by molar-refractivity contribution is 0.647. The summed E-state index contributed by atoms with van der Waals surface area (Å²) >= 11 is 0. The highest BCUT2D eigenvalue weighted by Gasteiger charge is 2.22. The van der Waals surface area contributed by atoms with E-state index >= 15 is 0 Å². The third-order valence-corrected chi connectivity index (χ3v) is 6.22. The molecule has 5 nitrogen and oxygen atoms in total. The van der Waals surface area contributed by atoms with Crippen LogP contribution < -0.4 is 9.80 Å². The minimum absolute atomic E-state index is 0.982. The smallest absolute Gasteiger partial charge is 0.110 e. The fraction of sp³-hybridized carbons (Fsp3) is 0.308. The molecule has 0 unspecified atom stereocenters. The lowest BCUT2D eigenvalue weighted by atomic mass is 10.1. The van der Waals surface area contributed by atoms with E-state index in [1.807, 2.05) is 18.6 Å². The van der Waals surface area contributed by atoms with Gasteiger partial charge in [-0.25, -0.2) is 0 Å². The number of piperazine rings is 1. The average molecular weight is 412 g/mol. The molecule has 1 saturated heterocycles. The van der Waals surface area contributed by atoms with Gasteiger partial charge in [0.2, 0.25) is 0 Å². The van der Waals surface area contributed by atoms with E-state index in [0.29, 0.717) is 0 Å². The maximum Gasteiger partial charge on any atom is 0.110 e. The molecule has 0 aliphatic carbocycles. The first-order valence-corrected chi connectivity index (χ1v) is 11.3. The van der Waals surface area contributed by atoms with E-state index in [-0.39, 0.29) is 0 Å². The number of para-hydroxylation sites is 1. The van der Waals surface area contributed by atoms with Crippen molar-refractivity contribution in [1.29, 1.82) is 0 Å². The van der Waals surface area contributed by atoms with Gasteiger partial charge in [-0.2, -0.15) is 0 Å². The summed E-state index contributed by atoms with van der Waals surface area (Å²) in [5.41, 5.74) is 6.09. The SMILES string of the molecule is CCCCn1c(-c2ncccc2N2CCN(c3ccncc3)CC2)cc2ccccc21. The molecule has 0 N–H and O–H groups in total. The molecule has 1 aliphatic rings. The molecular weight excluding hydrogens is 382 g/mol. The first kappa shape index (κ1) is 19.6. The van der Waals surface area contributed by atoms with Crippen LogP contribution in [0.25, 0.3) is 22.3 Å². The molecular formula is C26H29N5. The highest BCUT2D eigenvalue weighted by molar-refractivity contribution is 5.89. The van der Waals surface area contributed by atoms with Crippen LogP contribution in [0, 0.1) is 0 Å². The highest BCUT2D eigenvalue weighted by Crippen LogP contribution is 2.34. The Morgan fingerprint density at radius 2 is 1.61 bits per heavy atom. The molecule has 1 aliphatic heterocycles. The summed E-state index contributed by atoms with van der Waals surface area (Å²) in [5, 5.41) is 1.28. The van der Waals surface area contributed by atoms with Crippen molar-refractivity contribution in [2.45, 2.75) is 26.3 Å². The maximum atomic E-state index is 4.88. The summed E-state index contributed by atoms with van der Waals surface area (Å²) in [6.45, 7) is 7.23. The zero-order chi connectivity index (χ0) is 21.0. The van der Waals surface area contributed by atoms with Crippen molar-refractivity contribution in [3.8, 4) is 11.4 Å². The second-order valence-electron chi connectivity index (χ2n) is 8.14. The fourth-order valence-corrected chi connectivity index (χ4v) is 4.57. The van der Waals surface area contributed by atoms with Crippen molar-refractivity contribution in [2.75, 3.05) is 36.0 Å². The molecule has 0 radical (unpaired) electrons. The first-order chi connectivity index (χ1) is 15.3. The lowest BCUT2D eigenvalue weighted by Gasteiger charge is -2.37. The number of unbranched alkanes of at least 4 members (excludes halogenated alkanes) is 1. The quantitative estimate of drug-likeness (QED) is 0.436. The Bertz CT molecular complexity index is 1140. The average Bonchev–Trinajstić information content (AvgIpc) is 3.22. The Kier molecular flexibility index (Phi) is 5.57. The molecule has 0 spiro atoms. The number of rotatable bonds is 6. The number of fused-ring (bicyclic) bond motifs is 1. The Labute approximate surface area is 184 Å². The topological polar surface area (TPSA) is 37.2 Å². The monoisotopic (exact) mass is 411 g/mol. The Balaban J connectivity index is 1.47. The lowest BCUT2D eigenvalue weighted by Crippen LogP contribution is -2.46. The molecule has 158 valence electrons. The number of hydrogen-bond donors (Lipinski definition) is 0. The standard InChI is InChI=1S/C26H29N5/c1-2-3-15-31-23-8-5-4-7-21(23)20-25(31)26-24(9-6-12-28-26)30-18-16-29(17-19-30)22-10-13-27-14-11-22/h4-14,20H,2-3,15-19H2,1H3. The van der Waals surface area contributed by atoms with Gasteiger partial charge in [0, 0.05) is 67.9 Å². The predicted octanol–water partition coefficient (Wildman–Crippen LogP) is 5.23. The number of pyridine rings is 2. The van der Waals surface area contributed by atoms with E-state index in [1.54, 1.807) is 0 Å². The maximum absolute atomic E-state index is 4.88. The molecule has 0 amide bonds. The number of benzene rings is 1. The van der Waals surface area contributed by atoms with E-state index in [9.17, 15) is 0 Å². The van der Waals surface area contributed by atoms with Crippen LogP contribution in [0.2, 0.25) is 0 Å². The van der Waals surface area contributed by atoms with Gasteiger partial charge in [0.05, 0.1) is 11.4 Å². The number of hydrogen-bond acceptors (Lipinski definition) is 4. The van der Waals surface area contributed by atoms with Crippen LogP contribution in [-0.2, 0) is 6.54 Å². The number of aromatic nitrogens is 3. The minimum atomic E-state index is 0.982. The molecule has 31 heavy (non-hydrogen) atoms. The number of anilines is 2. The summed E-state index contributed by atoms with van der Waals surface area (Å²) < 4.78 is 2.46. The van der Waals surface area contributed by atoms with Gasteiger partial charge in [-0.15, -0.1) is 0 Å². The van der Waals surface area contributed by atoms with E-state index in [1.165, 1.54) is 40.8 Å². The minimum Gasteiger partial charge on any atom is -0.368 e. The second kappa shape index (κ2) is 8.80. The Morgan fingerprint density at radius 3 is 2.42 bits per heavy atom. The number of aryl methyl sites for hydroxylation is 1. The van der Waals surface area contributed by atoms with Gasteiger partial charge >= 0.3 is 0 Å². The van der Waals surface area contributed by atoms with E-state index in [0.717, 1.165) is 38.4 Å². The number of nitrogens with zero attached hydrogens (tertiary/aromatic N) is 5. The summed E-state index contributed by atoms with van der Waals surface area (Å²) in [4.78, 5) is 14.0. The van der Waals surface area contributed by atoms with Crippen LogP contribution in [-0.4, -0.2) is 40.7 Å². The van der Waals surface area contributed by atoms with Crippen molar-refractivity contribution in [2.24, 2.45) is 0 Å². The second-order valence-corrected chi connectivity index (χ2v) is 8.14. The van der Waals surface area contributed by atoms with Crippen LogP contribution in [0.3, 0.4) is 0 Å². The molecule has 4 heterocycles. The van der Waals surface area contributed by atoms with Crippen molar-refractivity contribution < 1.29 is 0 Å². The van der Waals surface area contributed by atoms with E-state index < -0.39 is 0 Å². The molecule has 4 aromatic rings. The summed E-state index contributed by atoms with van der Waals surface area (Å²) in [5.74, 6) is 0. The molecule has 0 saturated carbocycles. The predicted molar refractivity (Wildman–Crippen MR) is 129 cm³/mol. The van der Waals surface area contributed by atoms with Gasteiger partial charge in [-0.1, -0.05) is 31.5 Å². The molecule has 0 atom stereocenters. The van der Waals surface area contributed by atoms with Crippen molar-refractivity contribution >= 4 is 22.3 Å².